The van der Waals surface area contributed by atoms with Crippen LogP contribution >= 0.6 is 11.5 Å². The monoisotopic (exact) mass is 314 g/mol. The summed E-state index contributed by atoms with van der Waals surface area (Å²) in [6.45, 7) is 0. The number of hydrogen-bond acceptors (Lipinski definition) is 7. The molecule has 11 heteroatoms. The van der Waals surface area contributed by atoms with Crippen LogP contribution in [0.25, 0.3) is 10.9 Å². The SMILES string of the molecule is CS(=O)(=O)Nc1snc2cc(S(=O)(=O)[O-])ccc12.[Li+]. The first kappa shape index (κ1) is 16.4. The second kappa shape index (κ2) is 5.39. The topological polar surface area (TPSA) is 116 Å². The Morgan fingerprint density at radius 1 is 1.26 bits per heavy atom. The van der Waals surface area contributed by atoms with E-state index < -0.39 is 25.0 Å². The van der Waals surface area contributed by atoms with Crippen molar-refractivity contribution >= 4 is 47.6 Å². The molecule has 2 aromatic rings. The van der Waals surface area contributed by atoms with E-state index >= 15 is 0 Å². The molecule has 1 aromatic carbocycles. The van der Waals surface area contributed by atoms with Gasteiger partial charge >= 0.3 is 18.9 Å². The van der Waals surface area contributed by atoms with Gasteiger partial charge in [-0.3, -0.25) is 4.72 Å². The fraction of sp³-hybridized carbons (Fsp3) is 0.125. The van der Waals surface area contributed by atoms with Crippen molar-refractivity contribution in [2.45, 2.75) is 4.90 Å². The summed E-state index contributed by atoms with van der Waals surface area (Å²) >= 11 is 0.872. The van der Waals surface area contributed by atoms with Gasteiger partial charge < -0.3 is 4.55 Å². The molecule has 0 atom stereocenters. The third kappa shape index (κ3) is 3.91. The average Bonchev–Trinajstić information content (AvgIpc) is 2.57. The van der Waals surface area contributed by atoms with Crippen LogP contribution in [-0.2, 0) is 20.1 Å². The Hall–Kier alpha value is -0.633. The molecule has 0 unspecified atom stereocenters. The van der Waals surface area contributed by atoms with Crippen molar-refractivity contribution in [1.29, 1.82) is 0 Å². The fourth-order valence-corrected chi connectivity index (χ4v) is 3.47. The summed E-state index contributed by atoms with van der Waals surface area (Å²) in [5.41, 5.74) is 0.253. The third-order valence-electron chi connectivity index (χ3n) is 2.02. The molecule has 0 aliphatic carbocycles. The summed E-state index contributed by atoms with van der Waals surface area (Å²) in [7, 11) is -7.98. The van der Waals surface area contributed by atoms with Crippen molar-refractivity contribution in [3.8, 4) is 0 Å². The summed E-state index contributed by atoms with van der Waals surface area (Å²) in [6.07, 6.45) is 0.995. The van der Waals surface area contributed by atoms with Crippen LogP contribution in [0.3, 0.4) is 0 Å². The first-order valence-electron chi connectivity index (χ1n) is 4.50. The van der Waals surface area contributed by atoms with Gasteiger partial charge in [0.2, 0.25) is 10.0 Å². The zero-order chi connectivity index (χ0) is 13.6. The summed E-state index contributed by atoms with van der Waals surface area (Å²) in [5, 5.41) is 0.722. The van der Waals surface area contributed by atoms with Crippen molar-refractivity contribution < 1.29 is 40.2 Å². The zero-order valence-electron chi connectivity index (χ0n) is 9.95. The Balaban J connectivity index is 0.00000180. The van der Waals surface area contributed by atoms with E-state index in [0.717, 1.165) is 29.9 Å². The number of benzene rings is 1. The number of nitrogens with zero attached hydrogens (tertiary/aromatic N) is 1. The molecule has 7 nitrogen and oxygen atoms in total. The van der Waals surface area contributed by atoms with Crippen LogP contribution in [0.2, 0.25) is 0 Å². The Labute approximate surface area is 126 Å². The summed E-state index contributed by atoms with van der Waals surface area (Å²) in [5.74, 6) is 0. The maximum Gasteiger partial charge on any atom is 1.00 e. The van der Waals surface area contributed by atoms with E-state index in [4.69, 9.17) is 0 Å². The summed E-state index contributed by atoms with van der Waals surface area (Å²) in [4.78, 5) is -0.397. The molecule has 0 saturated carbocycles. The maximum atomic E-state index is 11.1. The van der Waals surface area contributed by atoms with Crippen LogP contribution in [0.1, 0.15) is 0 Å². The summed E-state index contributed by atoms with van der Waals surface area (Å²) < 4.78 is 60.8. The van der Waals surface area contributed by atoms with Crippen molar-refractivity contribution in [1.82, 2.24) is 4.37 Å². The molecule has 1 N–H and O–H groups in total. The normalized spacial score (nSPS) is 12.1. The standard InChI is InChI=1S/C8H8N2O5S3.Li/c1-17(11,12)10-8-6-3-2-5(18(13,14)15)4-7(6)9-16-8;/h2-4,10H,1H3,(H,13,14,15);/q;+1/p-1. The van der Waals surface area contributed by atoms with E-state index in [1.54, 1.807) is 0 Å². The molecule has 0 bridgehead atoms. The molecule has 0 amide bonds. The van der Waals surface area contributed by atoms with E-state index in [0.29, 0.717) is 5.39 Å². The van der Waals surface area contributed by atoms with E-state index in [9.17, 15) is 21.4 Å². The van der Waals surface area contributed by atoms with Gasteiger partial charge in [-0.1, -0.05) is 0 Å². The number of fused-ring (bicyclic) bond motifs is 1. The number of anilines is 1. The quantitative estimate of drug-likeness (QED) is 0.498. The van der Waals surface area contributed by atoms with Gasteiger partial charge in [0.15, 0.2) is 0 Å². The van der Waals surface area contributed by atoms with Gasteiger partial charge in [-0.2, -0.15) is 4.37 Å². The molecule has 0 aliphatic rings. The van der Waals surface area contributed by atoms with E-state index in [1.165, 1.54) is 6.07 Å². The van der Waals surface area contributed by atoms with Gasteiger partial charge in [0.05, 0.1) is 16.7 Å². The number of sulfonamides is 1. The molecule has 1 aromatic heterocycles. The molecule has 0 saturated heterocycles. The van der Waals surface area contributed by atoms with Crippen molar-refractivity contribution in [3.63, 3.8) is 0 Å². The van der Waals surface area contributed by atoms with Gasteiger partial charge in [-0.25, -0.2) is 16.8 Å². The first-order valence-corrected chi connectivity index (χ1v) is 8.57. The Morgan fingerprint density at radius 3 is 2.42 bits per heavy atom. The molecule has 19 heavy (non-hydrogen) atoms. The predicted octanol–water partition coefficient (Wildman–Crippen LogP) is -2.42. The van der Waals surface area contributed by atoms with Crippen LogP contribution in [0, 0.1) is 0 Å². The molecule has 0 radical (unpaired) electrons. The second-order valence-corrected chi connectivity index (χ2v) is 7.42. The average molecular weight is 314 g/mol. The van der Waals surface area contributed by atoms with Crippen LogP contribution in [0.15, 0.2) is 23.1 Å². The van der Waals surface area contributed by atoms with Crippen molar-refractivity contribution in [2.75, 3.05) is 11.0 Å². The maximum absolute atomic E-state index is 11.1. The summed E-state index contributed by atoms with van der Waals surface area (Å²) in [6, 6.07) is 3.57. The molecule has 1 heterocycles. The molecular formula is C8H7LiN2O5S3. The van der Waals surface area contributed by atoms with Gasteiger partial charge in [0.1, 0.15) is 15.1 Å². The number of aromatic nitrogens is 1. The van der Waals surface area contributed by atoms with E-state index in [-0.39, 0.29) is 29.4 Å². The Kier molecular flexibility index (Phi) is 4.66. The van der Waals surface area contributed by atoms with Gasteiger partial charge in [0, 0.05) is 5.39 Å². The second-order valence-electron chi connectivity index (χ2n) is 3.52. The molecular weight excluding hydrogens is 307 g/mol. The zero-order valence-corrected chi connectivity index (χ0v) is 12.4. The smallest absolute Gasteiger partial charge is 0.744 e. The van der Waals surface area contributed by atoms with Crippen molar-refractivity contribution in [2.24, 2.45) is 0 Å². The van der Waals surface area contributed by atoms with Crippen molar-refractivity contribution in [3.05, 3.63) is 18.2 Å². The minimum absolute atomic E-state index is 0. The minimum Gasteiger partial charge on any atom is -0.744 e. The molecule has 0 fully saturated rings. The molecule has 0 spiro atoms. The molecule has 0 aliphatic heterocycles. The third-order valence-corrected chi connectivity index (χ3v) is 4.34. The van der Waals surface area contributed by atoms with Gasteiger partial charge in [-0.15, -0.1) is 0 Å². The predicted molar refractivity (Wildman–Crippen MR) is 66.0 cm³/mol. The fourth-order valence-electron chi connectivity index (χ4n) is 1.32. The Bertz CT molecular complexity index is 812. The number of nitrogens with one attached hydrogen (secondary N) is 1. The number of hydrogen-bond donors (Lipinski definition) is 1. The van der Waals surface area contributed by atoms with Crippen LogP contribution in [-0.4, -0.2) is 32.0 Å². The Morgan fingerprint density at radius 2 is 1.89 bits per heavy atom. The van der Waals surface area contributed by atoms with E-state index in [2.05, 4.69) is 9.10 Å². The van der Waals surface area contributed by atoms with Gasteiger partial charge in [0.25, 0.3) is 0 Å². The van der Waals surface area contributed by atoms with Crippen LogP contribution in [0.5, 0.6) is 0 Å². The first-order chi connectivity index (χ1) is 8.17. The van der Waals surface area contributed by atoms with E-state index in [1.807, 2.05) is 0 Å². The largest absolute Gasteiger partial charge is 1.00 e. The molecule has 98 valence electrons. The minimum atomic E-state index is -4.54. The molecule has 2 rings (SSSR count). The van der Waals surface area contributed by atoms with Gasteiger partial charge in [-0.05, 0) is 29.7 Å². The number of rotatable bonds is 3. The van der Waals surface area contributed by atoms with Crippen LogP contribution < -0.4 is 23.6 Å². The van der Waals surface area contributed by atoms with Crippen LogP contribution in [0.4, 0.5) is 5.00 Å².